The Morgan fingerprint density at radius 3 is 2.51 bits per heavy atom. The first-order valence-corrected chi connectivity index (χ1v) is 11.5. The predicted octanol–water partition coefficient (Wildman–Crippen LogP) is 3.55. The molecule has 10 nitrogen and oxygen atoms in total. The summed E-state index contributed by atoms with van der Waals surface area (Å²) in [6.07, 6.45) is 0.817. The molecule has 182 valence electrons. The first-order chi connectivity index (χ1) is 16.8. The van der Waals surface area contributed by atoms with Crippen molar-refractivity contribution in [2.75, 3.05) is 18.4 Å². The number of nitrogens with zero attached hydrogens (tertiary/aromatic N) is 4. The Balaban J connectivity index is 1.64. The summed E-state index contributed by atoms with van der Waals surface area (Å²) < 4.78 is 18.6. The summed E-state index contributed by atoms with van der Waals surface area (Å²) in [7, 11) is 0. The molecule has 1 saturated heterocycles. The lowest BCUT2D eigenvalue weighted by Crippen LogP contribution is -2.50. The van der Waals surface area contributed by atoms with Gasteiger partial charge in [0.15, 0.2) is 11.5 Å². The van der Waals surface area contributed by atoms with Gasteiger partial charge in [-0.1, -0.05) is 30.3 Å². The molecule has 2 amide bonds. The smallest absolute Gasteiger partial charge is 0.236 e. The molecule has 1 fully saturated rings. The lowest BCUT2D eigenvalue weighted by molar-refractivity contribution is -0.133. The maximum absolute atomic E-state index is 13.7. The van der Waals surface area contributed by atoms with E-state index in [1.165, 1.54) is 25.1 Å². The Kier molecular flexibility index (Phi) is 7.22. The van der Waals surface area contributed by atoms with Crippen LogP contribution >= 0.6 is 15.9 Å². The van der Waals surface area contributed by atoms with Crippen molar-refractivity contribution in [2.24, 2.45) is 4.99 Å². The van der Waals surface area contributed by atoms with Gasteiger partial charge in [-0.25, -0.2) is 14.0 Å². The van der Waals surface area contributed by atoms with Gasteiger partial charge in [-0.05, 0) is 62.8 Å². The van der Waals surface area contributed by atoms with Crippen LogP contribution in [0.5, 0.6) is 0 Å². The number of hydroxylamine groups is 1. The second-order valence-electron chi connectivity index (χ2n) is 8.04. The van der Waals surface area contributed by atoms with E-state index in [9.17, 15) is 19.2 Å². The summed E-state index contributed by atoms with van der Waals surface area (Å²) in [5.41, 5.74) is 2.06. The van der Waals surface area contributed by atoms with Gasteiger partial charge in [0.05, 0.1) is 15.6 Å². The van der Waals surface area contributed by atoms with E-state index in [2.05, 4.69) is 36.6 Å². The number of aromatic nitrogens is 2. The van der Waals surface area contributed by atoms with Crippen LogP contribution in [0.15, 0.2) is 62.6 Å². The topological polar surface area (TPSA) is 133 Å². The van der Waals surface area contributed by atoms with Crippen LogP contribution in [0.3, 0.4) is 0 Å². The van der Waals surface area contributed by atoms with E-state index < -0.39 is 11.2 Å². The summed E-state index contributed by atoms with van der Waals surface area (Å²) in [4.78, 5) is 31.4. The first kappa shape index (κ1) is 24.5. The highest BCUT2D eigenvalue weighted by Gasteiger charge is 2.44. The minimum atomic E-state index is -0.921. The number of carbonyl (C=O) groups is 2. The van der Waals surface area contributed by atoms with Gasteiger partial charge in [-0.3, -0.25) is 20.3 Å². The average Bonchev–Trinajstić information content (AvgIpc) is 3.33. The zero-order valence-electron chi connectivity index (χ0n) is 18.7. The number of anilines is 1. The molecule has 2 aromatic carbocycles. The quantitative estimate of drug-likeness (QED) is 0.254. The number of piperidine rings is 1. The summed E-state index contributed by atoms with van der Waals surface area (Å²) >= 11 is 3.08. The standard InChI is InChI=1S/C23H22BrFN6O4/c1-14(32)31-11-9-23(10-12-31,15-5-3-2-4-6-15)22(33)27-21-19(29-35-30-21)20(28-34)26-16-7-8-18(25)17(24)13-16/h2-8,13,34H,9-12H2,1H3,(H,26,28)(H,27,30,33). The molecule has 0 atom stereocenters. The van der Waals surface area contributed by atoms with Gasteiger partial charge in [0.2, 0.25) is 17.6 Å². The number of rotatable bonds is 5. The molecule has 4 rings (SSSR count). The lowest BCUT2D eigenvalue weighted by atomic mass is 9.72. The van der Waals surface area contributed by atoms with Crippen LogP contribution in [0.2, 0.25) is 0 Å². The van der Waals surface area contributed by atoms with Crippen molar-refractivity contribution in [1.29, 1.82) is 0 Å². The molecule has 0 saturated carbocycles. The molecule has 1 aliphatic rings. The van der Waals surface area contributed by atoms with Crippen molar-refractivity contribution >= 4 is 45.1 Å². The number of amidine groups is 1. The number of hydrogen-bond donors (Lipinski definition) is 3. The zero-order chi connectivity index (χ0) is 25.0. The Bertz CT molecular complexity index is 1260. The number of hydrogen-bond acceptors (Lipinski definition) is 7. The number of halogens is 2. The lowest BCUT2D eigenvalue weighted by Gasteiger charge is -2.40. The molecule has 1 aliphatic heterocycles. The van der Waals surface area contributed by atoms with Crippen molar-refractivity contribution in [1.82, 2.24) is 20.7 Å². The van der Waals surface area contributed by atoms with Gasteiger partial charge in [0.25, 0.3) is 0 Å². The summed E-state index contributed by atoms with van der Waals surface area (Å²) in [5, 5.41) is 20.0. The number of nitrogens with one attached hydrogen (secondary N) is 2. The fraction of sp³-hybridized carbons (Fsp3) is 0.261. The normalized spacial score (nSPS) is 15.5. The summed E-state index contributed by atoms with van der Waals surface area (Å²) in [6, 6.07) is 13.3. The van der Waals surface area contributed by atoms with Gasteiger partial charge < -0.3 is 10.2 Å². The molecular weight excluding hydrogens is 523 g/mol. The fourth-order valence-electron chi connectivity index (χ4n) is 4.08. The van der Waals surface area contributed by atoms with Crippen LogP contribution < -0.4 is 10.8 Å². The molecule has 0 radical (unpaired) electrons. The third-order valence-electron chi connectivity index (χ3n) is 6.02. The molecule has 3 N–H and O–H groups in total. The minimum Gasteiger partial charge on any atom is -0.343 e. The van der Waals surface area contributed by atoms with Gasteiger partial charge >= 0.3 is 0 Å². The monoisotopic (exact) mass is 544 g/mol. The van der Waals surface area contributed by atoms with Crippen LogP contribution in [0.1, 0.15) is 31.0 Å². The van der Waals surface area contributed by atoms with Crippen molar-refractivity contribution in [3.8, 4) is 0 Å². The van der Waals surface area contributed by atoms with E-state index in [1.54, 1.807) is 4.90 Å². The molecule has 1 aromatic heterocycles. The molecule has 0 bridgehead atoms. The number of carbonyl (C=O) groups excluding carboxylic acids is 2. The second-order valence-corrected chi connectivity index (χ2v) is 8.89. The predicted molar refractivity (Wildman–Crippen MR) is 128 cm³/mol. The van der Waals surface area contributed by atoms with E-state index in [-0.39, 0.29) is 33.6 Å². The van der Waals surface area contributed by atoms with E-state index in [0.29, 0.717) is 31.6 Å². The average molecular weight is 545 g/mol. The highest BCUT2D eigenvalue weighted by atomic mass is 79.9. The molecule has 35 heavy (non-hydrogen) atoms. The Hall–Kier alpha value is -3.64. The summed E-state index contributed by atoms with van der Waals surface area (Å²) in [6.45, 7) is 2.35. The Morgan fingerprint density at radius 2 is 1.89 bits per heavy atom. The van der Waals surface area contributed by atoms with Crippen LogP contribution in [0.25, 0.3) is 0 Å². The van der Waals surface area contributed by atoms with E-state index in [1.807, 2.05) is 35.8 Å². The molecule has 3 aromatic rings. The number of amides is 2. The van der Waals surface area contributed by atoms with Gasteiger partial charge in [-0.2, -0.15) is 0 Å². The van der Waals surface area contributed by atoms with Crippen molar-refractivity contribution in [3.63, 3.8) is 0 Å². The molecule has 0 unspecified atom stereocenters. The van der Waals surface area contributed by atoms with Crippen molar-refractivity contribution in [3.05, 3.63) is 70.1 Å². The van der Waals surface area contributed by atoms with Gasteiger partial charge in [0.1, 0.15) is 5.82 Å². The Morgan fingerprint density at radius 1 is 1.17 bits per heavy atom. The van der Waals surface area contributed by atoms with Gasteiger partial charge in [0, 0.05) is 20.0 Å². The van der Waals surface area contributed by atoms with Gasteiger partial charge in [-0.15, -0.1) is 0 Å². The number of benzene rings is 2. The maximum Gasteiger partial charge on any atom is 0.236 e. The third-order valence-corrected chi connectivity index (χ3v) is 6.63. The van der Waals surface area contributed by atoms with E-state index >= 15 is 0 Å². The summed E-state index contributed by atoms with van der Waals surface area (Å²) in [5.74, 6) is -1.09. The molecule has 2 heterocycles. The number of aliphatic imine (C=N–C) groups is 1. The van der Waals surface area contributed by atoms with E-state index in [0.717, 1.165) is 5.56 Å². The molecular formula is C23H22BrFN6O4. The van der Waals surface area contributed by atoms with Crippen LogP contribution in [-0.4, -0.2) is 51.2 Å². The Labute approximate surface area is 208 Å². The van der Waals surface area contributed by atoms with Crippen LogP contribution in [0, 0.1) is 5.82 Å². The highest BCUT2D eigenvalue weighted by Crippen LogP contribution is 2.37. The van der Waals surface area contributed by atoms with Crippen molar-refractivity contribution < 1.29 is 23.8 Å². The molecule has 0 aliphatic carbocycles. The van der Waals surface area contributed by atoms with Crippen LogP contribution in [-0.2, 0) is 15.0 Å². The second kappa shape index (κ2) is 10.3. The number of likely N-dealkylation sites (tertiary alicyclic amines) is 1. The fourth-order valence-corrected chi connectivity index (χ4v) is 4.44. The SMILES string of the molecule is CC(=O)N1CCC(C(=O)Nc2nonc2C(=Nc2ccc(F)c(Br)c2)NO)(c2ccccc2)CC1. The largest absolute Gasteiger partial charge is 0.343 e. The highest BCUT2D eigenvalue weighted by molar-refractivity contribution is 9.10. The zero-order valence-corrected chi connectivity index (χ0v) is 20.2. The maximum atomic E-state index is 13.7. The van der Waals surface area contributed by atoms with E-state index in [4.69, 9.17) is 4.63 Å². The third kappa shape index (κ3) is 5.08. The van der Waals surface area contributed by atoms with Crippen molar-refractivity contribution in [2.45, 2.75) is 25.2 Å². The molecule has 0 spiro atoms. The first-order valence-electron chi connectivity index (χ1n) is 10.7. The van der Waals surface area contributed by atoms with Crippen LogP contribution in [0.4, 0.5) is 15.9 Å². The molecule has 12 heteroatoms. The minimum absolute atomic E-state index is 0.0441.